The Balaban J connectivity index is 4.19. The molecule has 0 rings (SSSR count). The van der Waals surface area contributed by atoms with Gasteiger partial charge in [0.25, 0.3) is 7.82 Å². The van der Waals surface area contributed by atoms with Gasteiger partial charge >= 0.3 is 0 Å². The van der Waals surface area contributed by atoms with Gasteiger partial charge in [-0.05, 0) is 51.4 Å². The number of allylic oxidation sites excluding steroid dienone is 6. The van der Waals surface area contributed by atoms with Crippen LogP contribution in [0.3, 0.4) is 0 Å². The van der Waals surface area contributed by atoms with Gasteiger partial charge in [-0.1, -0.05) is 249 Å². The maximum Gasteiger partial charge on any atom is 0.268 e. The second kappa shape index (κ2) is 48.7. The molecule has 8 nitrogen and oxygen atoms in total. The van der Waals surface area contributed by atoms with E-state index in [1.54, 1.807) is 0 Å². The lowest BCUT2D eigenvalue weighted by molar-refractivity contribution is -0.870. The molecule has 0 aliphatic carbocycles. The second-order valence-corrected chi connectivity index (χ2v) is 22.1. The van der Waals surface area contributed by atoms with E-state index in [1.807, 2.05) is 21.1 Å². The molecule has 3 atom stereocenters. The van der Waals surface area contributed by atoms with Gasteiger partial charge < -0.3 is 28.8 Å². The largest absolute Gasteiger partial charge is 0.756 e. The zero-order valence-corrected chi connectivity index (χ0v) is 45.3. The van der Waals surface area contributed by atoms with Crippen LogP contribution in [0.5, 0.6) is 0 Å². The van der Waals surface area contributed by atoms with E-state index in [2.05, 4.69) is 55.6 Å². The average molecular weight is 951 g/mol. The van der Waals surface area contributed by atoms with E-state index in [0.29, 0.717) is 23.9 Å². The van der Waals surface area contributed by atoms with Gasteiger partial charge in [0.15, 0.2) is 0 Å². The van der Waals surface area contributed by atoms with Crippen LogP contribution in [-0.2, 0) is 18.4 Å². The predicted octanol–water partition coefficient (Wildman–Crippen LogP) is 16.4. The number of likely N-dealkylation sites (N-methyl/N-ethyl adjacent to an activating group) is 1. The van der Waals surface area contributed by atoms with Gasteiger partial charge in [-0.25, -0.2) is 0 Å². The second-order valence-electron chi connectivity index (χ2n) is 20.6. The Morgan fingerprint density at radius 1 is 0.530 bits per heavy atom. The number of phosphoric ester groups is 1. The summed E-state index contributed by atoms with van der Waals surface area (Å²) in [7, 11) is 1.30. The van der Waals surface area contributed by atoms with Crippen LogP contribution in [-0.4, -0.2) is 68.5 Å². The first-order chi connectivity index (χ1) is 32.0. The minimum Gasteiger partial charge on any atom is -0.756 e. The molecule has 0 aromatic rings. The van der Waals surface area contributed by atoms with Crippen LogP contribution in [0.2, 0.25) is 0 Å². The normalized spacial score (nSPS) is 14.2. The number of aliphatic hydroxyl groups is 1. The fraction of sp³-hybridized carbons (Fsp3) is 0.877. The molecule has 1 amide bonds. The number of rotatable bonds is 52. The van der Waals surface area contributed by atoms with Crippen LogP contribution in [0.25, 0.3) is 0 Å². The lowest BCUT2D eigenvalue weighted by atomic mass is 10.0. The summed E-state index contributed by atoms with van der Waals surface area (Å²) in [5, 5.41) is 14.0. The zero-order valence-electron chi connectivity index (χ0n) is 44.4. The van der Waals surface area contributed by atoms with E-state index in [0.717, 1.165) is 64.2 Å². The Morgan fingerprint density at radius 3 is 1.30 bits per heavy atom. The Morgan fingerprint density at radius 2 is 0.879 bits per heavy atom. The quantitative estimate of drug-likeness (QED) is 0.0272. The first kappa shape index (κ1) is 64.7. The lowest BCUT2D eigenvalue weighted by Gasteiger charge is -2.30. The molecular formula is C57H111N2O6P. The van der Waals surface area contributed by atoms with Crippen LogP contribution in [0.15, 0.2) is 36.5 Å². The highest BCUT2D eigenvalue weighted by molar-refractivity contribution is 7.45. The summed E-state index contributed by atoms with van der Waals surface area (Å²) in [6.45, 7) is 4.71. The van der Waals surface area contributed by atoms with Gasteiger partial charge in [0.2, 0.25) is 5.91 Å². The molecule has 9 heteroatoms. The van der Waals surface area contributed by atoms with Crippen molar-refractivity contribution < 1.29 is 32.9 Å². The molecule has 0 aromatic carbocycles. The number of hydrogen-bond acceptors (Lipinski definition) is 6. The van der Waals surface area contributed by atoms with Crippen molar-refractivity contribution in [1.29, 1.82) is 0 Å². The van der Waals surface area contributed by atoms with Crippen LogP contribution < -0.4 is 10.2 Å². The highest BCUT2D eigenvalue weighted by Gasteiger charge is 2.24. The number of unbranched alkanes of at least 4 members (excludes halogenated alkanes) is 33. The molecule has 2 N–H and O–H groups in total. The first-order valence-electron chi connectivity index (χ1n) is 28.3. The third-order valence-corrected chi connectivity index (χ3v) is 13.8. The van der Waals surface area contributed by atoms with E-state index >= 15 is 0 Å². The third kappa shape index (κ3) is 50.6. The van der Waals surface area contributed by atoms with Crippen molar-refractivity contribution in [3.8, 4) is 0 Å². The highest BCUT2D eigenvalue weighted by atomic mass is 31.2. The number of quaternary nitrogens is 1. The number of carbonyl (C=O) groups is 1. The molecule has 390 valence electrons. The van der Waals surface area contributed by atoms with E-state index in [1.165, 1.54) is 180 Å². The number of aliphatic hydroxyl groups excluding tert-OH is 1. The van der Waals surface area contributed by atoms with Gasteiger partial charge in [0.1, 0.15) is 13.2 Å². The van der Waals surface area contributed by atoms with E-state index in [9.17, 15) is 19.4 Å². The SMILES string of the molecule is CCCCC/C=C\C/C=C\C/C=C\CCCCCCCCC(=O)NC(COP(=O)([O-])OCC[N+](C)(C)C)C(O)CCCCCCCCCCCCCCCCCCCCCCCCCCC. The molecule has 0 aliphatic rings. The van der Waals surface area contributed by atoms with Crippen LogP contribution >= 0.6 is 7.82 Å². The fourth-order valence-electron chi connectivity index (χ4n) is 8.40. The fourth-order valence-corrected chi connectivity index (χ4v) is 9.12. The van der Waals surface area contributed by atoms with Gasteiger partial charge in [-0.2, -0.15) is 0 Å². The molecule has 0 saturated heterocycles. The summed E-state index contributed by atoms with van der Waals surface area (Å²) in [6, 6.07) is -0.808. The molecule has 0 heterocycles. The molecule has 0 fully saturated rings. The van der Waals surface area contributed by atoms with Crippen molar-refractivity contribution >= 4 is 13.7 Å². The van der Waals surface area contributed by atoms with Crippen molar-refractivity contribution in [3.05, 3.63) is 36.5 Å². The topological polar surface area (TPSA) is 108 Å². The number of nitrogens with one attached hydrogen (secondary N) is 1. The number of hydrogen-bond donors (Lipinski definition) is 2. The highest BCUT2D eigenvalue weighted by Crippen LogP contribution is 2.38. The van der Waals surface area contributed by atoms with E-state index < -0.39 is 20.0 Å². The Labute approximate surface area is 410 Å². The smallest absolute Gasteiger partial charge is 0.268 e. The Hall–Kier alpha value is -1.28. The first-order valence-corrected chi connectivity index (χ1v) is 29.8. The minimum atomic E-state index is -4.58. The maximum atomic E-state index is 13.0. The number of carbonyl (C=O) groups excluding carboxylic acids is 1. The molecule has 0 radical (unpaired) electrons. The van der Waals surface area contributed by atoms with Gasteiger partial charge in [-0.3, -0.25) is 9.36 Å². The summed E-state index contributed by atoms with van der Waals surface area (Å²) in [6.07, 6.45) is 61.7. The molecule has 66 heavy (non-hydrogen) atoms. The number of nitrogens with zero attached hydrogens (tertiary/aromatic N) is 1. The number of phosphoric acid groups is 1. The molecule has 0 aromatic heterocycles. The lowest BCUT2D eigenvalue weighted by Crippen LogP contribution is -2.46. The molecular weight excluding hydrogens is 840 g/mol. The summed E-state index contributed by atoms with van der Waals surface area (Å²) >= 11 is 0. The summed E-state index contributed by atoms with van der Waals surface area (Å²) in [5.41, 5.74) is 0. The van der Waals surface area contributed by atoms with E-state index in [-0.39, 0.29) is 19.1 Å². The third-order valence-electron chi connectivity index (χ3n) is 12.9. The summed E-state index contributed by atoms with van der Waals surface area (Å²) in [5.74, 6) is -0.175. The number of amides is 1. The van der Waals surface area contributed by atoms with Crippen molar-refractivity contribution in [2.45, 2.75) is 283 Å². The van der Waals surface area contributed by atoms with Crippen LogP contribution in [0.4, 0.5) is 0 Å². The van der Waals surface area contributed by atoms with Gasteiger partial charge in [-0.15, -0.1) is 0 Å². The van der Waals surface area contributed by atoms with Crippen molar-refractivity contribution in [2.24, 2.45) is 0 Å². The minimum absolute atomic E-state index is 0.00922. The zero-order chi connectivity index (χ0) is 48.5. The van der Waals surface area contributed by atoms with Gasteiger partial charge in [0, 0.05) is 6.42 Å². The van der Waals surface area contributed by atoms with Crippen LogP contribution in [0, 0.1) is 0 Å². The molecule has 0 bridgehead atoms. The standard InChI is InChI=1S/C57H111N2O6P/c1-6-8-10-12-14-16-18-20-22-24-26-27-28-29-30-31-33-34-36-38-40-42-44-46-48-50-56(60)55(54-65-66(62,63)64-53-52-59(3,4)5)58-57(61)51-49-47-45-43-41-39-37-35-32-25-23-21-19-17-15-13-11-9-7-2/h15,17,21,23,32,35,55-56,60H,6-14,16,18-20,22,24-31,33-34,36-54H2,1-5H3,(H-,58,61,62,63)/b17-15-,23-21-,35-32-. The Kier molecular flexibility index (Phi) is 47.8. The summed E-state index contributed by atoms with van der Waals surface area (Å²) < 4.78 is 23.4. The van der Waals surface area contributed by atoms with Crippen molar-refractivity contribution in [2.75, 3.05) is 40.9 Å². The van der Waals surface area contributed by atoms with E-state index in [4.69, 9.17) is 9.05 Å². The monoisotopic (exact) mass is 951 g/mol. The van der Waals surface area contributed by atoms with Crippen molar-refractivity contribution in [3.63, 3.8) is 0 Å². The molecule has 0 spiro atoms. The predicted molar refractivity (Wildman–Crippen MR) is 284 cm³/mol. The summed E-state index contributed by atoms with van der Waals surface area (Å²) in [4.78, 5) is 25.5. The molecule has 0 saturated carbocycles. The average Bonchev–Trinajstić information content (AvgIpc) is 3.28. The van der Waals surface area contributed by atoms with Gasteiger partial charge in [0.05, 0.1) is 39.9 Å². The molecule has 3 unspecified atom stereocenters. The Bertz CT molecular complexity index is 1170. The maximum absolute atomic E-state index is 13.0. The van der Waals surface area contributed by atoms with Crippen molar-refractivity contribution in [1.82, 2.24) is 5.32 Å². The van der Waals surface area contributed by atoms with Crippen LogP contribution in [0.1, 0.15) is 271 Å². The molecule has 0 aliphatic heterocycles.